The van der Waals surface area contributed by atoms with Crippen LogP contribution in [0.15, 0.2) is 29.2 Å². The molecule has 1 amide bonds. The molecular weight excluding hydrogens is 294 g/mol. The van der Waals surface area contributed by atoms with Crippen molar-refractivity contribution in [1.29, 1.82) is 0 Å². The first-order valence-corrected chi connectivity index (χ1v) is 7.44. The van der Waals surface area contributed by atoms with Crippen molar-refractivity contribution in [2.24, 2.45) is 21.1 Å². The molecule has 1 aliphatic rings. The number of rotatable bonds is 1. The summed E-state index contributed by atoms with van der Waals surface area (Å²) in [4.78, 5) is 24.1. The summed E-state index contributed by atoms with van der Waals surface area (Å²) in [7, 11) is 5.33. The van der Waals surface area contributed by atoms with Crippen molar-refractivity contribution in [2.75, 3.05) is 5.32 Å². The van der Waals surface area contributed by atoms with Gasteiger partial charge in [0.15, 0.2) is 0 Å². The van der Waals surface area contributed by atoms with Crippen LogP contribution >= 0.6 is 0 Å². The van der Waals surface area contributed by atoms with Gasteiger partial charge in [0.1, 0.15) is 5.82 Å². The van der Waals surface area contributed by atoms with Crippen molar-refractivity contribution in [3.05, 3.63) is 46.0 Å². The molecule has 7 nitrogen and oxygen atoms in total. The highest BCUT2D eigenvalue weighted by molar-refractivity contribution is 5.94. The lowest BCUT2D eigenvalue weighted by Gasteiger charge is -2.23. The molecule has 23 heavy (non-hydrogen) atoms. The van der Waals surface area contributed by atoms with E-state index < -0.39 is 0 Å². The predicted octanol–water partition coefficient (Wildman–Crippen LogP) is 1.08. The molecule has 118 valence electrons. The van der Waals surface area contributed by atoms with Crippen LogP contribution in [0, 0.1) is 0 Å². The van der Waals surface area contributed by atoms with Gasteiger partial charge < -0.3 is 5.32 Å². The number of amides is 1. The van der Waals surface area contributed by atoms with Crippen LogP contribution in [-0.2, 0) is 25.9 Å². The molecule has 0 unspecified atom stereocenters. The van der Waals surface area contributed by atoms with Gasteiger partial charge in [0, 0.05) is 39.0 Å². The van der Waals surface area contributed by atoms with Gasteiger partial charge in [0.2, 0.25) is 5.91 Å². The highest BCUT2D eigenvalue weighted by atomic mass is 16.2. The molecular formula is C16H17N5O2. The minimum Gasteiger partial charge on any atom is -0.311 e. The van der Waals surface area contributed by atoms with Crippen molar-refractivity contribution >= 4 is 22.8 Å². The third-order valence-corrected chi connectivity index (χ3v) is 4.69. The number of hydrogen-bond donors (Lipinski definition) is 1. The Kier molecular flexibility index (Phi) is 2.75. The van der Waals surface area contributed by atoms with Gasteiger partial charge in [-0.2, -0.15) is 5.10 Å². The van der Waals surface area contributed by atoms with E-state index in [0.717, 1.165) is 28.0 Å². The second-order valence-corrected chi connectivity index (χ2v) is 6.03. The number of anilines is 1. The van der Waals surface area contributed by atoms with Crippen LogP contribution < -0.4 is 11.0 Å². The number of nitrogens with zero attached hydrogens (tertiary/aromatic N) is 4. The van der Waals surface area contributed by atoms with Crippen molar-refractivity contribution < 1.29 is 4.79 Å². The topological polar surface area (TPSA) is 73.8 Å². The van der Waals surface area contributed by atoms with Crippen LogP contribution in [0.3, 0.4) is 0 Å². The van der Waals surface area contributed by atoms with Crippen LogP contribution in [0.2, 0.25) is 0 Å². The first-order chi connectivity index (χ1) is 11.0. The average Bonchev–Trinajstić information content (AvgIpc) is 3.01. The smallest absolute Gasteiger partial charge is 0.311 e. The van der Waals surface area contributed by atoms with Gasteiger partial charge >= 0.3 is 5.69 Å². The quantitative estimate of drug-likeness (QED) is 0.731. The number of carbonyl (C=O) groups is 1. The van der Waals surface area contributed by atoms with E-state index in [1.165, 1.54) is 0 Å². The molecule has 1 aromatic carbocycles. The number of aromatic nitrogens is 4. The SMILES string of the molecule is Cn1ncc2c1NC(=O)C[C@H]2c1ccc2c(c1)n(C)c(=O)n2C. The highest BCUT2D eigenvalue weighted by Gasteiger charge is 2.29. The summed E-state index contributed by atoms with van der Waals surface area (Å²) in [6, 6.07) is 5.92. The van der Waals surface area contributed by atoms with E-state index in [9.17, 15) is 9.59 Å². The van der Waals surface area contributed by atoms with Gasteiger partial charge in [-0.1, -0.05) is 6.07 Å². The number of nitrogens with one attached hydrogen (secondary N) is 1. The zero-order chi connectivity index (χ0) is 16.3. The fourth-order valence-corrected chi connectivity index (χ4v) is 3.38. The van der Waals surface area contributed by atoms with E-state index in [2.05, 4.69) is 10.4 Å². The number of aryl methyl sites for hydroxylation is 3. The summed E-state index contributed by atoms with van der Waals surface area (Å²) in [5.74, 6) is 0.675. The Morgan fingerprint density at radius 2 is 1.87 bits per heavy atom. The third-order valence-electron chi connectivity index (χ3n) is 4.69. The number of fused-ring (bicyclic) bond motifs is 2. The molecule has 0 bridgehead atoms. The van der Waals surface area contributed by atoms with Gasteiger partial charge in [-0.25, -0.2) is 4.79 Å². The zero-order valence-electron chi connectivity index (χ0n) is 13.2. The molecule has 0 spiro atoms. The minimum absolute atomic E-state index is 0.0202. The fraction of sp³-hybridized carbons (Fsp3) is 0.312. The van der Waals surface area contributed by atoms with E-state index >= 15 is 0 Å². The summed E-state index contributed by atoms with van der Waals surface area (Å²) < 4.78 is 4.93. The second kappa shape index (κ2) is 4.58. The Morgan fingerprint density at radius 1 is 1.13 bits per heavy atom. The first-order valence-electron chi connectivity index (χ1n) is 7.44. The van der Waals surface area contributed by atoms with E-state index in [1.807, 2.05) is 25.2 Å². The van der Waals surface area contributed by atoms with Crippen LogP contribution in [0.5, 0.6) is 0 Å². The Labute approximate surface area is 132 Å². The lowest BCUT2D eigenvalue weighted by Crippen LogP contribution is -2.24. The Hall–Kier alpha value is -2.83. The number of carbonyl (C=O) groups excluding carboxylic acids is 1. The van der Waals surface area contributed by atoms with Gasteiger partial charge in [-0.15, -0.1) is 0 Å². The number of benzene rings is 1. The maximum atomic E-state index is 12.1. The molecule has 0 fully saturated rings. The summed E-state index contributed by atoms with van der Waals surface area (Å²) >= 11 is 0. The van der Waals surface area contributed by atoms with E-state index in [-0.39, 0.29) is 17.5 Å². The van der Waals surface area contributed by atoms with Crippen LogP contribution in [0.4, 0.5) is 5.82 Å². The summed E-state index contributed by atoms with van der Waals surface area (Å²) in [5.41, 5.74) is 3.72. The normalized spacial score (nSPS) is 17.3. The fourth-order valence-electron chi connectivity index (χ4n) is 3.38. The van der Waals surface area contributed by atoms with Crippen LogP contribution in [-0.4, -0.2) is 24.8 Å². The molecule has 2 aromatic heterocycles. The first kappa shape index (κ1) is 13.8. The molecule has 4 rings (SSSR count). The standard InChI is InChI=1S/C16H17N5O2/c1-19-12-5-4-9(6-13(12)20(2)16(19)23)10-7-14(22)18-15-11(10)8-17-21(15)3/h4-6,8,10H,7H2,1-3H3,(H,18,22)/t10-/m0/s1. The monoisotopic (exact) mass is 311 g/mol. The van der Waals surface area contributed by atoms with Crippen molar-refractivity contribution in [2.45, 2.75) is 12.3 Å². The van der Waals surface area contributed by atoms with Gasteiger partial charge in [0.25, 0.3) is 0 Å². The predicted molar refractivity (Wildman–Crippen MR) is 86.5 cm³/mol. The molecule has 1 atom stereocenters. The van der Waals surface area contributed by atoms with E-state index in [4.69, 9.17) is 0 Å². The van der Waals surface area contributed by atoms with Gasteiger partial charge in [-0.05, 0) is 17.7 Å². The Morgan fingerprint density at radius 3 is 2.65 bits per heavy atom. The van der Waals surface area contributed by atoms with Gasteiger partial charge in [-0.3, -0.25) is 18.6 Å². The second-order valence-electron chi connectivity index (χ2n) is 6.03. The number of hydrogen-bond acceptors (Lipinski definition) is 3. The molecule has 7 heteroatoms. The molecule has 3 aromatic rings. The molecule has 0 saturated heterocycles. The van der Waals surface area contributed by atoms with Gasteiger partial charge in [0.05, 0.1) is 17.2 Å². The summed E-state index contributed by atoms with van der Waals surface area (Å²) in [5, 5.41) is 7.12. The van der Waals surface area contributed by atoms with Crippen molar-refractivity contribution in [1.82, 2.24) is 18.9 Å². The maximum absolute atomic E-state index is 12.1. The lowest BCUT2D eigenvalue weighted by molar-refractivity contribution is -0.116. The lowest BCUT2D eigenvalue weighted by atomic mass is 9.87. The average molecular weight is 311 g/mol. The molecule has 3 heterocycles. The molecule has 0 saturated carbocycles. The van der Waals surface area contributed by atoms with E-state index in [0.29, 0.717) is 6.42 Å². The third kappa shape index (κ3) is 1.86. The van der Waals surface area contributed by atoms with Crippen molar-refractivity contribution in [3.8, 4) is 0 Å². The molecule has 0 aliphatic carbocycles. The molecule has 1 aliphatic heterocycles. The minimum atomic E-state index is -0.0550. The van der Waals surface area contributed by atoms with Crippen LogP contribution in [0.25, 0.3) is 11.0 Å². The van der Waals surface area contributed by atoms with E-state index in [1.54, 1.807) is 34.1 Å². The Bertz CT molecular complexity index is 1010. The maximum Gasteiger partial charge on any atom is 0.328 e. The van der Waals surface area contributed by atoms with Crippen LogP contribution in [0.1, 0.15) is 23.5 Å². The molecule has 0 radical (unpaired) electrons. The molecule has 1 N–H and O–H groups in total. The number of imidazole rings is 1. The summed E-state index contributed by atoms with van der Waals surface area (Å²) in [6.07, 6.45) is 2.18. The Balaban J connectivity index is 1.91. The highest BCUT2D eigenvalue weighted by Crippen LogP contribution is 2.37. The summed E-state index contributed by atoms with van der Waals surface area (Å²) in [6.45, 7) is 0. The largest absolute Gasteiger partial charge is 0.328 e. The zero-order valence-corrected chi connectivity index (χ0v) is 13.2. The van der Waals surface area contributed by atoms with Crippen molar-refractivity contribution in [3.63, 3.8) is 0 Å².